The van der Waals surface area contributed by atoms with Crippen molar-refractivity contribution in [2.24, 2.45) is 5.92 Å². The predicted molar refractivity (Wildman–Crippen MR) is 107 cm³/mol. The first kappa shape index (κ1) is 17.2. The van der Waals surface area contributed by atoms with E-state index >= 15 is 0 Å². The van der Waals surface area contributed by atoms with Crippen molar-refractivity contribution < 1.29 is 4.79 Å². The maximum absolute atomic E-state index is 12.6. The lowest BCUT2D eigenvalue weighted by molar-refractivity contribution is -0.120. The molecule has 4 rings (SSSR count). The molecule has 1 aliphatic heterocycles. The lowest BCUT2D eigenvalue weighted by atomic mass is 9.95. The largest absolute Gasteiger partial charge is 0.355 e. The zero-order valence-corrected chi connectivity index (χ0v) is 15.1. The molecule has 0 aliphatic carbocycles. The van der Waals surface area contributed by atoms with E-state index < -0.39 is 0 Å². The predicted octanol–water partition coefficient (Wildman–Crippen LogP) is 4.00. The second-order valence-corrected chi connectivity index (χ2v) is 6.76. The van der Waals surface area contributed by atoms with E-state index in [0.717, 1.165) is 43.0 Å². The fourth-order valence-corrected chi connectivity index (χ4v) is 3.45. The Bertz CT molecular complexity index is 873. The quantitative estimate of drug-likeness (QED) is 0.766. The van der Waals surface area contributed by atoms with Gasteiger partial charge in [-0.25, -0.2) is 4.98 Å². The number of anilines is 2. The number of rotatable bonds is 4. The Hall–Kier alpha value is -3.21. The van der Waals surface area contributed by atoms with Crippen LogP contribution in [0.15, 0.2) is 73.2 Å². The molecule has 0 saturated carbocycles. The van der Waals surface area contributed by atoms with Gasteiger partial charge in [-0.05, 0) is 36.1 Å². The van der Waals surface area contributed by atoms with E-state index in [-0.39, 0.29) is 11.8 Å². The average molecular weight is 358 g/mol. The molecular weight excluding hydrogens is 336 g/mol. The summed E-state index contributed by atoms with van der Waals surface area (Å²) < 4.78 is 0. The van der Waals surface area contributed by atoms with Crippen molar-refractivity contribution in [3.8, 4) is 11.1 Å². The number of aromatic nitrogens is 2. The van der Waals surface area contributed by atoms with Gasteiger partial charge in [0.05, 0.1) is 6.20 Å². The van der Waals surface area contributed by atoms with E-state index in [9.17, 15) is 4.79 Å². The van der Waals surface area contributed by atoms with Crippen LogP contribution in [0.3, 0.4) is 0 Å². The van der Waals surface area contributed by atoms with Crippen LogP contribution >= 0.6 is 0 Å². The van der Waals surface area contributed by atoms with Gasteiger partial charge in [0.2, 0.25) is 5.91 Å². The van der Waals surface area contributed by atoms with Gasteiger partial charge >= 0.3 is 0 Å². The van der Waals surface area contributed by atoms with Gasteiger partial charge in [0, 0.05) is 37.1 Å². The van der Waals surface area contributed by atoms with E-state index in [1.54, 1.807) is 18.6 Å². The Morgan fingerprint density at radius 2 is 1.63 bits per heavy atom. The summed E-state index contributed by atoms with van der Waals surface area (Å²) >= 11 is 0. The highest BCUT2D eigenvalue weighted by atomic mass is 16.1. The third-order valence-electron chi connectivity index (χ3n) is 5.00. The van der Waals surface area contributed by atoms with Crippen molar-refractivity contribution in [3.05, 3.63) is 73.2 Å². The molecule has 5 nitrogen and oxygen atoms in total. The molecule has 0 atom stereocenters. The molecule has 0 unspecified atom stereocenters. The molecule has 1 saturated heterocycles. The van der Waals surface area contributed by atoms with E-state index in [2.05, 4.69) is 32.3 Å². The summed E-state index contributed by atoms with van der Waals surface area (Å²) in [6.45, 7) is 1.65. The molecule has 1 aromatic heterocycles. The number of benzene rings is 2. The second kappa shape index (κ2) is 7.99. The summed E-state index contributed by atoms with van der Waals surface area (Å²) in [7, 11) is 0. The van der Waals surface area contributed by atoms with Crippen molar-refractivity contribution in [2.45, 2.75) is 12.8 Å². The first-order chi connectivity index (χ1) is 13.3. The molecule has 3 aromatic rings. The highest BCUT2D eigenvalue weighted by Gasteiger charge is 2.25. The molecule has 2 aromatic carbocycles. The number of carbonyl (C=O) groups is 1. The molecule has 0 radical (unpaired) electrons. The fourth-order valence-electron chi connectivity index (χ4n) is 3.45. The fraction of sp³-hybridized carbons (Fsp3) is 0.227. The first-order valence-electron chi connectivity index (χ1n) is 9.27. The van der Waals surface area contributed by atoms with Crippen LogP contribution < -0.4 is 10.2 Å². The topological polar surface area (TPSA) is 58.1 Å². The van der Waals surface area contributed by atoms with Gasteiger partial charge in [0.15, 0.2) is 0 Å². The van der Waals surface area contributed by atoms with E-state index in [1.807, 2.05) is 42.5 Å². The van der Waals surface area contributed by atoms with Gasteiger partial charge in [-0.1, -0.05) is 42.5 Å². The van der Waals surface area contributed by atoms with Crippen LogP contribution in [-0.4, -0.2) is 29.0 Å². The normalized spacial score (nSPS) is 14.7. The average Bonchev–Trinajstić information content (AvgIpc) is 2.76. The molecule has 27 heavy (non-hydrogen) atoms. The molecule has 2 heterocycles. The molecule has 136 valence electrons. The first-order valence-corrected chi connectivity index (χ1v) is 9.27. The molecule has 1 amide bonds. The van der Waals surface area contributed by atoms with Crippen LogP contribution in [0.2, 0.25) is 0 Å². The molecule has 0 spiro atoms. The highest BCUT2D eigenvalue weighted by molar-refractivity contribution is 5.93. The zero-order valence-electron chi connectivity index (χ0n) is 15.1. The van der Waals surface area contributed by atoms with Crippen LogP contribution in [0.25, 0.3) is 11.1 Å². The van der Waals surface area contributed by atoms with Crippen LogP contribution in [0, 0.1) is 5.92 Å². The van der Waals surface area contributed by atoms with Crippen molar-refractivity contribution in [2.75, 3.05) is 23.3 Å². The number of carbonyl (C=O) groups excluding carboxylic acids is 1. The molecule has 1 N–H and O–H groups in total. The third kappa shape index (κ3) is 4.14. The van der Waals surface area contributed by atoms with Gasteiger partial charge in [-0.3, -0.25) is 9.78 Å². The van der Waals surface area contributed by atoms with Gasteiger partial charge in [-0.2, -0.15) is 0 Å². The lowest BCUT2D eigenvalue weighted by Crippen LogP contribution is -2.38. The Balaban J connectivity index is 1.33. The van der Waals surface area contributed by atoms with E-state index in [0.29, 0.717) is 0 Å². The summed E-state index contributed by atoms with van der Waals surface area (Å²) in [5.41, 5.74) is 3.16. The number of nitrogens with one attached hydrogen (secondary N) is 1. The minimum absolute atomic E-state index is 0.0340. The van der Waals surface area contributed by atoms with Crippen LogP contribution in [-0.2, 0) is 4.79 Å². The van der Waals surface area contributed by atoms with Gasteiger partial charge in [0.25, 0.3) is 0 Å². The Morgan fingerprint density at radius 1 is 0.926 bits per heavy atom. The van der Waals surface area contributed by atoms with Gasteiger partial charge in [0.1, 0.15) is 5.82 Å². The summed E-state index contributed by atoms with van der Waals surface area (Å²) in [6.07, 6.45) is 6.80. The highest BCUT2D eigenvalue weighted by Crippen LogP contribution is 2.24. The molecule has 1 fully saturated rings. The summed E-state index contributed by atoms with van der Waals surface area (Å²) in [4.78, 5) is 23.2. The number of amides is 1. The summed E-state index contributed by atoms with van der Waals surface area (Å²) in [5, 5.41) is 3.06. The van der Waals surface area contributed by atoms with Crippen molar-refractivity contribution in [1.82, 2.24) is 9.97 Å². The van der Waals surface area contributed by atoms with E-state index in [4.69, 9.17) is 0 Å². The Morgan fingerprint density at radius 3 is 2.30 bits per heavy atom. The summed E-state index contributed by atoms with van der Waals surface area (Å²) in [6, 6.07) is 18.2. The minimum Gasteiger partial charge on any atom is -0.355 e. The van der Waals surface area contributed by atoms with Crippen LogP contribution in [0.5, 0.6) is 0 Å². The number of nitrogens with zero attached hydrogens (tertiary/aromatic N) is 3. The number of hydrogen-bond acceptors (Lipinski definition) is 4. The Labute approximate surface area is 159 Å². The molecule has 1 aliphatic rings. The van der Waals surface area contributed by atoms with Gasteiger partial charge < -0.3 is 10.2 Å². The zero-order chi connectivity index (χ0) is 18.5. The van der Waals surface area contributed by atoms with Crippen molar-refractivity contribution in [1.29, 1.82) is 0 Å². The lowest BCUT2D eigenvalue weighted by Gasteiger charge is -2.31. The van der Waals surface area contributed by atoms with Crippen molar-refractivity contribution >= 4 is 17.4 Å². The maximum Gasteiger partial charge on any atom is 0.227 e. The molecular formula is C22H22N4O. The number of piperidine rings is 1. The Kier molecular flexibility index (Phi) is 5.10. The minimum atomic E-state index is 0.0340. The maximum atomic E-state index is 12.6. The van der Waals surface area contributed by atoms with Crippen LogP contribution in [0.1, 0.15) is 12.8 Å². The molecule has 0 bridgehead atoms. The molecule has 5 heteroatoms. The third-order valence-corrected chi connectivity index (χ3v) is 5.00. The monoisotopic (exact) mass is 358 g/mol. The van der Waals surface area contributed by atoms with Crippen LogP contribution in [0.4, 0.5) is 11.5 Å². The van der Waals surface area contributed by atoms with Crippen molar-refractivity contribution in [3.63, 3.8) is 0 Å². The number of hydrogen-bond donors (Lipinski definition) is 1. The second-order valence-electron chi connectivity index (χ2n) is 6.76. The van der Waals surface area contributed by atoms with E-state index in [1.165, 1.54) is 5.56 Å². The van der Waals surface area contributed by atoms with Gasteiger partial charge in [-0.15, -0.1) is 0 Å². The smallest absolute Gasteiger partial charge is 0.227 e. The summed E-state index contributed by atoms with van der Waals surface area (Å²) in [5.74, 6) is 1.01. The SMILES string of the molecule is O=C(Nc1ccc(-c2ccccc2)cc1)C1CCN(c2cnccn2)CC1. The standard InChI is InChI=1S/C22H22N4O/c27-22(19-10-14-26(15-11-19)21-16-23-12-13-24-21)25-20-8-6-18(7-9-20)17-4-2-1-3-5-17/h1-9,12-13,16,19H,10-11,14-15H2,(H,25,27).